The van der Waals surface area contributed by atoms with Crippen molar-refractivity contribution in [1.29, 1.82) is 0 Å². The monoisotopic (exact) mass is 523 g/mol. The molecule has 3 rings (SSSR count). The standard InChI is InChI=1S/C34H50FNO2/c1-3-5-7-9-11-13-15-16-18-26-37-32-24-21-28-29-22-25-33(36-31(29)23-20-30(28)34(32)35)38-27-19-17-14-12-10-8-6-4-2/h20-25H,3-19,26-27H2,1-2H3. The highest BCUT2D eigenvalue weighted by Gasteiger charge is 2.12. The molecule has 0 unspecified atom stereocenters. The number of nitrogens with zero attached hydrogens (tertiary/aromatic N) is 1. The number of aromatic nitrogens is 1. The van der Waals surface area contributed by atoms with E-state index in [0.29, 0.717) is 30.2 Å². The van der Waals surface area contributed by atoms with Gasteiger partial charge in [0.05, 0.1) is 18.7 Å². The van der Waals surface area contributed by atoms with Gasteiger partial charge in [-0.1, -0.05) is 110 Å². The summed E-state index contributed by atoms with van der Waals surface area (Å²) in [5.74, 6) is 0.700. The molecule has 0 amide bonds. The van der Waals surface area contributed by atoms with Crippen LogP contribution in [0, 0.1) is 5.82 Å². The average molecular weight is 524 g/mol. The summed E-state index contributed by atoms with van der Waals surface area (Å²) in [4.78, 5) is 4.68. The number of fused-ring (bicyclic) bond motifs is 3. The first-order chi connectivity index (χ1) is 18.7. The minimum Gasteiger partial charge on any atom is -0.490 e. The number of ether oxygens (including phenoxy) is 2. The highest BCUT2D eigenvalue weighted by molar-refractivity contribution is 6.06. The van der Waals surface area contributed by atoms with Crippen LogP contribution in [0.4, 0.5) is 4.39 Å². The van der Waals surface area contributed by atoms with Gasteiger partial charge in [0.15, 0.2) is 11.6 Å². The number of benzene rings is 2. The average Bonchev–Trinajstić information content (AvgIpc) is 2.94. The number of rotatable bonds is 21. The lowest BCUT2D eigenvalue weighted by atomic mass is 10.0. The highest BCUT2D eigenvalue weighted by atomic mass is 19.1. The van der Waals surface area contributed by atoms with E-state index in [1.165, 1.54) is 89.9 Å². The van der Waals surface area contributed by atoms with Gasteiger partial charge in [-0.2, -0.15) is 0 Å². The zero-order valence-corrected chi connectivity index (χ0v) is 24.0. The fraction of sp³-hybridized carbons (Fsp3) is 0.618. The normalized spacial score (nSPS) is 11.4. The van der Waals surface area contributed by atoms with Crippen LogP contribution in [0.3, 0.4) is 0 Å². The summed E-state index contributed by atoms with van der Waals surface area (Å²) in [6, 6.07) is 11.3. The van der Waals surface area contributed by atoms with Gasteiger partial charge in [-0.15, -0.1) is 0 Å². The van der Waals surface area contributed by atoms with E-state index in [0.717, 1.165) is 35.6 Å². The van der Waals surface area contributed by atoms with Crippen LogP contribution in [0.2, 0.25) is 0 Å². The van der Waals surface area contributed by atoms with Crippen LogP contribution in [0.1, 0.15) is 123 Å². The zero-order valence-electron chi connectivity index (χ0n) is 24.0. The largest absolute Gasteiger partial charge is 0.490 e. The van der Waals surface area contributed by atoms with Crippen molar-refractivity contribution < 1.29 is 13.9 Å². The third kappa shape index (κ3) is 10.1. The summed E-state index contributed by atoms with van der Waals surface area (Å²) in [5.41, 5.74) is 0.827. The van der Waals surface area contributed by atoms with E-state index >= 15 is 4.39 Å². The molecule has 3 aromatic rings. The van der Waals surface area contributed by atoms with Crippen molar-refractivity contribution in [3.63, 3.8) is 0 Å². The molecule has 3 nitrogen and oxygen atoms in total. The van der Waals surface area contributed by atoms with Gasteiger partial charge in [-0.3, -0.25) is 0 Å². The molecule has 0 aliphatic heterocycles. The third-order valence-electron chi connectivity index (χ3n) is 7.49. The molecule has 0 saturated heterocycles. The molecular formula is C34H50FNO2. The molecule has 210 valence electrons. The van der Waals surface area contributed by atoms with Gasteiger partial charge >= 0.3 is 0 Å². The summed E-state index contributed by atoms with van der Waals surface area (Å²) >= 11 is 0. The van der Waals surface area contributed by atoms with Crippen LogP contribution in [0.25, 0.3) is 21.7 Å². The first-order valence-electron chi connectivity index (χ1n) is 15.5. The molecule has 38 heavy (non-hydrogen) atoms. The third-order valence-corrected chi connectivity index (χ3v) is 7.49. The summed E-state index contributed by atoms with van der Waals surface area (Å²) in [7, 11) is 0. The number of hydrogen-bond acceptors (Lipinski definition) is 3. The van der Waals surface area contributed by atoms with Crippen molar-refractivity contribution in [2.45, 2.75) is 123 Å². The van der Waals surface area contributed by atoms with E-state index < -0.39 is 0 Å². The second kappa shape index (κ2) is 18.0. The second-order valence-corrected chi connectivity index (χ2v) is 10.8. The molecule has 0 N–H and O–H groups in total. The quantitative estimate of drug-likeness (QED) is 0.103. The fourth-order valence-electron chi connectivity index (χ4n) is 5.14. The van der Waals surface area contributed by atoms with E-state index in [-0.39, 0.29) is 5.82 Å². The first kappa shape index (κ1) is 30.2. The first-order valence-corrected chi connectivity index (χ1v) is 15.5. The maximum Gasteiger partial charge on any atom is 0.213 e. The minimum atomic E-state index is -0.282. The molecule has 0 radical (unpaired) electrons. The van der Waals surface area contributed by atoms with Gasteiger partial charge in [-0.05, 0) is 48.6 Å². The van der Waals surface area contributed by atoms with Gasteiger partial charge in [0.25, 0.3) is 0 Å². The van der Waals surface area contributed by atoms with Crippen molar-refractivity contribution in [1.82, 2.24) is 4.98 Å². The van der Waals surface area contributed by atoms with Crippen LogP contribution >= 0.6 is 0 Å². The molecule has 2 aromatic carbocycles. The predicted molar refractivity (Wildman–Crippen MR) is 160 cm³/mol. The molecule has 0 aliphatic rings. The van der Waals surface area contributed by atoms with Gasteiger partial charge in [-0.25, -0.2) is 9.37 Å². The summed E-state index contributed by atoms with van der Waals surface area (Å²) in [5, 5.41) is 2.38. The van der Waals surface area contributed by atoms with E-state index in [2.05, 4.69) is 18.8 Å². The van der Waals surface area contributed by atoms with Gasteiger partial charge in [0, 0.05) is 16.8 Å². The van der Waals surface area contributed by atoms with Crippen LogP contribution in [-0.2, 0) is 0 Å². The van der Waals surface area contributed by atoms with Crippen LogP contribution < -0.4 is 9.47 Å². The molecule has 0 bridgehead atoms. The smallest absolute Gasteiger partial charge is 0.213 e. The van der Waals surface area contributed by atoms with Crippen LogP contribution in [-0.4, -0.2) is 18.2 Å². The molecule has 0 fully saturated rings. The van der Waals surface area contributed by atoms with Crippen LogP contribution in [0.5, 0.6) is 11.6 Å². The number of pyridine rings is 1. The fourth-order valence-corrected chi connectivity index (χ4v) is 5.14. The molecule has 0 aliphatic carbocycles. The Morgan fingerprint density at radius 2 is 1.03 bits per heavy atom. The van der Waals surface area contributed by atoms with Gasteiger partial charge in [0.1, 0.15) is 0 Å². The SMILES string of the molecule is CCCCCCCCCCCOc1ccc2c(ccc3nc(OCCCCCCCCCC)ccc32)c1F. The Morgan fingerprint density at radius 3 is 1.63 bits per heavy atom. The Kier molecular flexibility index (Phi) is 14.3. The molecular weight excluding hydrogens is 473 g/mol. The number of hydrogen-bond donors (Lipinski definition) is 0. The number of unbranched alkanes of at least 4 members (excludes halogenated alkanes) is 15. The maximum absolute atomic E-state index is 15.2. The lowest BCUT2D eigenvalue weighted by Gasteiger charge is -2.11. The lowest BCUT2D eigenvalue weighted by molar-refractivity contribution is 0.291. The minimum absolute atomic E-state index is 0.282. The van der Waals surface area contributed by atoms with Gasteiger partial charge < -0.3 is 9.47 Å². The van der Waals surface area contributed by atoms with E-state index in [4.69, 9.17) is 9.47 Å². The van der Waals surface area contributed by atoms with E-state index in [1.807, 2.05) is 30.3 Å². The summed E-state index contributed by atoms with van der Waals surface area (Å²) in [6.45, 7) is 5.76. The topological polar surface area (TPSA) is 31.4 Å². The van der Waals surface area contributed by atoms with Crippen molar-refractivity contribution in [3.05, 3.63) is 42.2 Å². The molecule has 0 saturated carbocycles. The van der Waals surface area contributed by atoms with Gasteiger partial charge in [0.2, 0.25) is 5.88 Å². The van der Waals surface area contributed by atoms with Crippen molar-refractivity contribution in [2.75, 3.05) is 13.2 Å². The second-order valence-electron chi connectivity index (χ2n) is 10.8. The molecule has 0 atom stereocenters. The molecule has 1 heterocycles. The predicted octanol–water partition coefficient (Wildman–Crippen LogP) is 11.0. The summed E-state index contributed by atoms with van der Waals surface area (Å²) in [6.07, 6.45) is 21.6. The van der Waals surface area contributed by atoms with E-state index in [9.17, 15) is 0 Å². The van der Waals surface area contributed by atoms with Crippen molar-refractivity contribution in [3.8, 4) is 11.6 Å². The molecule has 0 spiro atoms. The Labute approximate surface area is 230 Å². The Hall–Kier alpha value is -2.36. The maximum atomic E-state index is 15.2. The lowest BCUT2D eigenvalue weighted by Crippen LogP contribution is -2.00. The van der Waals surface area contributed by atoms with E-state index in [1.54, 1.807) is 6.07 Å². The molecule has 4 heteroatoms. The Bertz CT molecular complexity index is 1070. The summed E-state index contributed by atoms with van der Waals surface area (Å²) < 4.78 is 27.0. The van der Waals surface area contributed by atoms with Crippen molar-refractivity contribution in [2.24, 2.45) is 0 Å². The van der Waals surface area contributed by atoms with Crippen molar-refractivity contribution >= 4 is 21.7 Å². The molecule has 1 aromatic heterocycles. The zero-order chi connectivity index (χ0) is 26.8. The Morgan fingerprint density at radius 1 is 0.526 bits per heavy atom. The number of halogens is 1. The Balaban J connectivity index is 1.43. The van der Waals surface area contributed by atoms with Crippen LogP contribution in [0.15, 0.2) is 36.4 Å². The highest BCUT2D eigenvalue weighted by Crippen LogP contribution is 2.32.